The second kappa shape index (κ2) is 15.9. The Morgan fingerprint density at radius 3 is 2.07 bits per heavy atom. The van der Waals surface area contributed by atoms with Gasteiger partial charge in [0.1, 0.15) is 30.8 Å². The standard InChI is InChI=1S/C36H43N3O5S/c1-2-3-22-37-31-14-20-36(21-15-31)45(41,42)39-24-32(25-39)38(23-29-10-6-4-7-11-29)26-33(40)28-44-35-18-16-34(17-19-35)43-27-30-12-8-5-9-13-30/h4-21,32-33,37,40H,2-3,22-28H2,1H3. The van der Waals surface area contributed by atoms with Gasteiger partial charge in [-0.3, -0.25) is 4.90 Å². The lowest BCUT2D eigenvalue weighted by atomic mass is 10.1. The van der Waals surface area contributed by atoms with E-state index in [1.165, 1.54) is 4.31 Å². The lowest BCUT2D eigenvalue weighted by Crippen LogP contribution is -2.61. The number of unbranched alkanes of at least 4 members (excludes halogenated alkanes) is 1. The molecule has 1 heterocycles. The highest BCUT2D eigenvalue weighted by Crippen LogP contribution is 2.27. The maximum Gasteiger partial charge on any atom is 0.243 e. The summed E-state index contributed by atoms with van der Waals surface area (Å²) in [4.78, 5) is 2.44. The topological polar surface area (TPSA) is 91.3 Å². The molecule has 45 heavy (non-hydrogen) atoms. The van der Waals surface area contributed by atoms with E-state index in [4.69, 9.17) is 9.47 Å². The SMILES string of the molecule is CCCCNc1ccc(S(=O)(=O)N2CC(N(Cc3ccccc3)CC(O)COc3ccc(OCc4ccccc4)cc3)C2)cc1. The summed E-state index contributed by atoms with van der Waals surface area (Å²) < 4.78 is 39.9. The number of rotatable bonds is 17. The molecule has 0 saturated carbocycles. The van der Waals surface area contributed by atoms with Crippen molar-refractivity contribution in [2.24, 2.45) is 0 Å². The van der Waals surface area contributed by atoms with Gasteiger partial charge in [0.25, 0.3) is 0 Å². The summed E-state index contributed by atoms with van der Waals surface area (Å²) in [6.07, 6.45) is 1.40. The summed E-state index contributed by atoms with van der Waals surface area (Å²) in [5.74, 6) is 1.38. The molecule has 2 N–H and O–H groups in total. The molecule has 1 aliphatic heterocycles. The molecular formula is C36H43N3O5S. The van der Waals surface area contributed by atoms with Gasteiger partial charge < -0.3 is 19.9 Å². The Hall–Kier alpha value is -3.89. The zero-order valence-corrected chi connectivity index (χ0v) is 26.6. The molecule has 0 radical (unpaired) electrons. The number of hydrogen-bond acceptors (Lipinski definition) is 7. The monoisotopic (exact) mass is 629 g/mol. The minimum atomic E-state index is -3.60. The molecule has 0 amide bonds. The Balaban J connectivity index is 1.14. The van der Waals surface area contributed by atoms with Crippen molar-refractivity contribution >= 4 is 15.7 Å². The maximum absolute atomic E-state index is 13.3. The first-order chi connectivity index (χ1) is 21.9. The van der Waals surface area contributed by atoms with Crippen molar-refractivity contribution in [3.8, 4) is 11.5 Å². The van der Waals surface area contributed by atoms with Crippen LogP contribution in [0.4, 0.5) is 5.69 Å². The van der Waals surface area contributed by atoms with Gasteiger partial charge in [-0.25, -0.2) is 8.42 Å². The van der Waals surface area contributed by atoms with E-state index in [1.807, 2.05) is 97.1 Å². The number of anilines is 1. The summed E-state index contributed by atoms with van der Waals surface area (Å²) in [5, 5.41) is 14.3. The smallest absolute Gasteiger partial charge is 0.243 e. The molecule has 0 aromatic heterocycles. The van der Waals surface area contributed by atoms with E-state index in [0.29, 0.717) is 43.4 Å². The van der Waals surface area contributed by atoms with Crippen LogP contribution in [0.1, 0.15) is 30.9 Å². The second-order valence-electron chi connectivity index (χ2n) is 11.4. The quantitative estimate of drug-likeness (QED) is 0.143. The fraction of sp³-hybridized carbons (Fsp3) is 0.333. The van der Waals surface area contributed by atoms with E-state index in [2.05, 4.69) is 17.1 Å². The highest BCUT2D eigenvalue weighted by molar-refractivity contribution is 7.89. The predicted octanol–water partition coefficient (Wildman–Crippen LogP) is 5.79. The summed E-state index contributed by atoms with van der Waals surface area (Å²) in [5.41, 5.74) is 3.11. The van der Waals surface area contributed by atoms with Crippen LogP contribution in [0, 0.1) is 0 Å². The molecule has 1 aliphatic rings. The van der Waals surface area contributed by atoms with Gasteiger partial charge >= 0.3 is 0 Å². The molecule has 8 nitrogen and oxygen atoms in total. The second-order valence-corrected chi connectivity index (χ2v) is 13.3. The molecule has 4 aromatic rings. The van der Waals surface area contributed by atoms with Gasteiger partial charge in [0.15, 0.2) is 0 Å². The zero-order valence-electron chi connectivity index (χ0n) is 25.8. The third-order valence-corrected chi connectivity index (χ3v) is 9.73. The van der Waals surface area contributed by atoms with E-state index >= 15 is 0 Å². The van der Waals surface area contributed by atoms with Crippen LogP contribution in [0.15, 0.2) is 114 Å². The number of nitrogens with one attached hydrogen (secondary N) is 1. The number of ether oxygens (including phenoxy) is 2. The normalized spacial score (nSPS) is 14.6. The summed E-state index contributed by atoms with van der Waals surface area (Å²) in [6, 6.07) is 34.3. The van der Waals surface area contributed by atoms with E-state index in [0.717, 1.165) is 42.0 Å². The molecule has 238 valence electrons. The first kappa shape index (κ1) is 32.5. The highest BCUT2D eigenvalue weighted by atomic mass is 32.2. The van der Waals surface area contributed by atoms with Crippen LogP contribution in [0.5, 0.6) is 11.5 Å². The Kier molecular flexibility index (Phi) is 11.5. The van der Waals surface area contributed by atoms with Gasteiger partial charge in [0.05, 0.1) is 4.90 Å². The fourth-order valence-electron chi connectivity index (χ4n) is 5.20. The zero-order chi connectivity index (χ0) is 31.5. The highest BCUT2D eigenvalue weighted by Gasteiger charge is 2.40. The summed E-state index contributed by atoms with van der Waals surface area (Å²) in [7, 11) is -3.60. The van der Waals surface area contributed by atoms with Gasteiger partial charge in [-0.1, -0.05) is 74.0 Å². The number of aliphatic hydroxyl groups excluding tert-OH is 1. The average Bonchev–Trinajstić information content (AvgIpc) is 3.04. The third-order valence-electron chi connectivity index (χ3n) is 7.88. The van der Waals surface area contributed by atoms with E-state index in [1.54, 1.807) is 12.1 Å². The largest absolute Gasteiger partial charge is 0.491 e. The van der Waals surface area contributed by atoms with Crippen molar-refractivity contribution < 1.29 is 23.0 Å². The average molecular weight is 630 g/mol. The molecular weight excluding hydrogens is 586 g/mol. The lowest BCUT2D eigenvalue weighted by molar-refractivity contribution is 0.0173. The number of sulfonamides is 1. The van der Waals surface area contributed by atoms with E-state index in [-0.39, 0.29) is 12.6 Å². The Labute approximate surface area is 267 Å². The number of benzene rings is 4. The Morgan fingerprint density at radius 2 is 1.44 bits per heavy atom. The van der Waals surface area contributed by atoms with Crippen LogP contribution < -0.4 is 14.8 Å². The maximum atomic E-state index is 13.3. The van der Waals surface area contributed by atoms with Crippen molar-refractivity contribution in [2.75, 3.05) is 38.1 Å². The van der Waals surface area contributed by atoms with E-state index in [9.17, 15) is 13.5 Å². The van der Waals surface area contributed by atoms with Crippen LogP contribution in [0.3, 0.4) is 0 Å². The van der Waals surface area contributed by atoms with Gasteiger partial charge in [0.2, 0.25) is 10.0 Å². The fourth-order valence-corrected chi connectivity index (χ4v) is 6.71. The van der Waals surface area contributed by atoms with Crippen molar-refractivity contribution in [1.29, 1.82) is 0 Å². The Bertz CT molecular complexity index is 1550. The van der Waals surface area contributed by atoms with Crippen LogP contribution >= 0.6 is 0 Å². The summed E-state index contributed by atoms with van der Waals surface area (Å²) >= 11 is 0. The minimum Gasteiger partial charge on any atom is -0.491 e. The molecule has 0 aliphatic carbocycles. The summed E-state index contributed by atoms with van der Waals surface area (Å²) in [6.45, 7) is 5.28. The van der Waals surface area contributed by atoms with Gasteiger partial charge in [0, 0.05) is 44.5 Å². The van der Waals surface area contributed by atoms with Crippen LogP contribution in [-0.4, -0.2) is 67.7 Å². The first-order valence-corrected chi connectivity index (χ1v) is 17.0. The molecule has 0 spiro atoms. The molecule has 1 saturated heterocycles. The van der Waals surface area contributed by atoms with Crippen molar-refractivity contribution in [3.63, 3.8) is 0 Å². The van der Waals surface area contributed by atoms with Gasteiger partial charge in [-0.15, -0.1) is 0 Å². The van der Waals surface area contributed by atoms with Crippen molar-refractivity contribution in [2.45, 2.75) is 50.0 Å². The van der Waals surface area contributed by atoms with Gasteiger partial charge in [-0.05, 0) is 66.1 Å². The molecule has 4 aromatic carbocycles. The van der Waals surface area contributed by atoms with Gasteiger partial charge in [-0.2, -0.15) is 4.31 Å². The van der Waals surface area contributed by atoms with Crippen LogP contribution in [-0.2, 0) is 23.2 Å². The molecule has 9 heteroatoms. The predicted molar refractivity (Wildman–Crippen MR) is 178 cm³/mol. The first-order valence-electron chi connectivity index (χ1n) is 15.6. The molecule has 5 rings (SSSR count). The minimum absolute atomic E-state index is 0.0225. The number of aliphatic hydroxyl groups is 1. The third kappa shape index (κ3) is 9.31. The molecule has 1 fully saturated rings. The Morgan fingerprint density at radius 1 is 0.844 bits per heavy atom. The van der Waals surface area contributed by atoms with Crippen molar-refractivity contribution in [1.82, 2.24) is 9.21 Å². The van der Waals surface area contributed by atoms with Crippen LogP contribution in [0.2, 0.25) is 0 Å². The van der Waals surface area contributed by atoms with Crippen LogP contribution in [0.25, 0.3) is 0 Å². The number of nitrogens with zero attached hydrogens (tertiary/aromatic N) is 2. The lowest BCUT2D eigenvalue weighted by Gasteiger charge is -2.45. The molecule has 1 atom stereocenters. The molecule has 1 unspecified atom stereocenters. The molecule has 0 bridgehead atoms. The van der Waals surface area contributed by atoms with Crippen molar-refractivity contribution in [3.05, 3.63) is 120 Å². The number of hydrogen-bond donors (Lipinski definition) is 2. The van der Waals surface area contributed by atoms with E-state index < -0.39 is 16.1 Å².